The molecule has 0 aliphatic heterocycles. The quantitative estimate of drug-likeness (QED) is 0.644. The van der Waals surface area contributed by atoms with Gasteiger partial charge in [0.25, 0.3) is 0 Å². The summed E-state index contributed by atoms with van der Waals surface area (Å²) in [6.45, 7) is 0.505. The lowest BCUT2D eigenvalue weighted by Crippen LogP contribution is -2.22. The van der Waals surface area contributed by atoms with Crippen molar-refractivity contribution in [3.8, 4) is 0 Å². The number of rotatable bonds is 3. The Morgan fingerprint density at radius 2 is 2.10 bits per heavy atom. The van der Waals surface area contributed by atoms with E-state index in [2.05, 4.69) is 0 Å². The highest BCUT2D eigenvalue weighted by atomic mass is 16.5. The molecular formula is C8H16O2. The van der Waals surface area contributed by atoms with Gasteiger partial charge in [0.2, 0.25) is 0 Å². The second-order valence-electron chi connectivity index (χ2n) is 3.07. The summed E-state index contributed by atoms with van der Waals surface area (Å²) in [6, 6.07) is 0. The van der Waals surface area contributed by atoms with E-state index in [0.29, 0.717) is 12.5 Å². The molecule has 60 valence electrons. The van der Waals surface area contributed by atoms with Crippen LogP contribution in [0.1, 0.15) is 25.7 Å². The van der Waals surface area contributed by atoms with Crippen LogP contribution in [0.15, 0.2) is 0 Å². The van der Waals surface area contributed by atoms with Gasteiger partial charge < -0.3 is 9.84 Å². The van der Waals surface area contributed by atoms with Gasteiger partial charge in [-0.15, -0.1) is 0 Å². The number of aliphatic hydroxyl groups excluding tert-OH is 1. The maximum absolute atomic E-state index is 9.42. The molecule has 0 bridgehead atoms. The minimum Gasteiger partial charge on any atom is -0.390 e. The Morgan fingerprint density at radius 1 is 1.50 bits per heavy atom. The van der Waals surface area contributed by atoms with Gasteiger partial charge in [-0.05, 0) is 18.8 Å². The molecule has 2 nitrogen and oxygen atoms in total. The van der Waals surface area contributed by atoms with E-state index in [1.165, 1.54) is 25.7 Å². The third kappa shape index (κ3) is 1.96. The number of aliphatic hydroxyl groups is 1. The molecule has 2 heteroatoms. The van der Waals surface area contributed by atoms with Crippen molar-refractivity contribution in [1.82, 2.24) is 0 Å². The Bertz CT molecular complexity index is 87.3. The first-order valence-electron chi connectivity index (χ1n) is 4.01. The van der Waals surface area contributed by atoms with E-state index in [0.717, 1.165) is 0 Å². The monoisotopic (exact) mass is 144 g/mol. The second kappa shape index (κ2) is 3.94. The summed E-state index contributed by atoms with van der Waals surface area (Å²) in [5.74, 6) is 0.514. The maximum atomic E-state index is 9.42. The fourth-order valence-electron chi connectivity index (χ4n) is 1.65. The molecule has 1 rings (SSSR count). The van der Waals surface area contributed by atoms with Crippen molar-refractivity contribution in [3.63, 3.8) is 0 Å². The van der Waals surface area contributed by atoms with Crippen LogP contribution in [0, 0.1) is 5.92 Å². The first-order chi connectivity index (χ1) is 4.84. The smallest absolute Gasteiger partial charge is 0.0801 e. The predicted molar refractivity (Wildman–Crippen MR) is 39.8 cm³/mol. The lowest BCUT2D eigenvalue weighted by Gasteiger charge is -2.15. The van der Waals surface area contributed by atoms with E-state index in [4.69, 9.17) is 4.74 Å². The van der Waals surface area contributed by atoms with E-state index in [1.54, 1.807) is 7.11 Å². The van der Waals surface area contributed by atoms with E-state index < -0.39 is 0 Å². The zero-order valence-electron chi connectivity index (χ0n) is 6.55. The summed E-state index contributed by atoms with van der Waals surface area (Å²) in [7, 11) is 1.64. The fourth-order valence-corrected chi connectivity index (χ4v) is 1.65. The van der Waals surface area contributed by atoms with Gasteiger partial charge in [-0.2, -0.15) is 0 Å². The molecule has 0 amide bonds. The molecule has 0 aromatic rings. The summed E-state index contributed by atoms with van der Waals surface area (Å²) >= 11 is 0. The van der Waals surface area contributed by atoms with Crippen LogP contribution in [0.5, 0.6) is 0 Å². The maximum Gasteiger partial charge on any atom is 0.0801 e. The average molecular weight is 144 g/mol. The minimum atomic E-state index is -0.215. The predicted octanol–water partition coefficient (Wildman–Crippen LogP) is 1.18. The van der Waals surface area contributed by atoms with Crippen LogP contribution in [0.25, 0.3) is 0 Å². The molecular weight excluding hydrogens is 128 g/mol. The molecule has 0 aromatic heterocycles. The Morgan fingerprint density at radius 3 is 2.60 bits per heavy atom. The van der Waals surface area contributed by atoms with Gasteiger partial charge in [-0.25, -0.2) is 0 Å². The summed E-state index contributed by atoms with van der Waals surface area (Å²) < 4.78 is 4.87. The normalized spacial score (nSPS) is 23.4. The molecule has 10 heavy (non-hydrogen) atoms. The van der Waals surface area contributed by atoms with Gasteiger partial charge in [0.15, 0.2) is 0 Å². The SMILES string of the molecule is COCC(O)C1CCCC1. The third-order valence-electron chi connectivity index (χ3n) is 2.28. The largest absolute Gasteiger partial charge is 0.390 e. The molecule has 1 aliphatic carbocycles. The highest BCUT2D eigenvalue weighted by Crippen LogP contribution is 2.27. The van der Waals surface area contributed by atoms with Crippen molar-refractivity contribution in [2.24, 2.45) is 5.92 Å². The van der Waals surface area contributed by atoms with Gasteiger partial charge in [0, 0.05) is 7.11 Å². The molecule has 1 N–H and O–H groups in total. The average Bonchev–Trinajstić information content (AvgIpc) is 2.38. The zero-order valence-corrected chi connectivity index (χ0v) is 6.55. The van der Waals surface area contributed by atoms with Crippen LogP contribution < -0.4 is 0 Å². The molecule has 0 spiro atoms. The van der Waals surface area contributed by atoms with Crippen LogP contribution in [0.4, 0.5) is 0 Å². The van der Waals surface area contributed by atoms with Crippen LogP contribution in [0.3, 0.4) is 0 Å². The van der Waals surface area contributed by atoms with Gasteiger partial charge in [-0.1, -0.05) is 12.8 Å². The van der Waals surface area contributed by atoms with Gasteiger partial charge in [-0.3, -0.25) is 0 Å². The Hall–Kier alpha value is -0.0800. The van der Waals surface area contributed by atoms with Crippen LogP contribution in [-0.4, -0.2) is 24.9 Å². The molecule has 1 fully saturated rings. The van der Waals surface area contributed by atoms with Crippen LogP contribution in [0.2, 0.25) is 0 Å². The summed E-state index contributed by atoms with van der Waals surface area (Å²) in [5.41, 5.74) is 0. The molecule has 0 heterocycles. The summed E-state index contributed by atoms with van der Waals surface area (Å²) in [6.07, 6.45) is 4.72. The van der Waals surface area contributed by atoms with Crippen molar-refractivity contribution in [3.05, 3.63) is 0 Å². The Labute approximate surface area is 62.2 Å². The van der Waals surface area contributed by atoms with E-state index >= 15 is 0 Å². The van der Waals surface area contributed by atoms with E-state index in [1.807, 2.05) is 0 Å². The Kier molecular flexibility index (Phi) is 3.16. The number of hydrogen-bond donors (Lipinski definition) is 1. The topological polar surface area (TPSA) is 29.5 Å². The number of hydrogen-bond acceptors (Lipinski definition) is 2. The second-order valence-corrected chi connectivity index (χ2v) is 3.07. The summed E-state index contributed by atoms with van der Waals surface area (Å²) in [5, 5.41) is 9.42. The van der Waals surface area contributed by atoms with Crippen molar-refractivity contribution in [2.45, 2.75) is 31.8 Å². The molecule has 0 aromatic carbocycles. The molecule has 1 saturated carbocycles. The van der Waals surface area contributed by atoms with Crippen LogP contribution >= 0.6 is 0 Å². The van der Waals surface area contributed by atoms with Crippen LogP contribution in [-0.2, 0) is 4.74 Å². The first kappa shape index (κ1) is 8.02. The van der Waals surface area contributed by atoms with E-state index in [-0.39, 0.29) is 6.10 Å². The molecule has 0 radical (unpaired) electrons. The van der Waals surface area contributed by atoms with Gasteiger partial charge in [0.1, 0.15) is 0 Å². The first-order valence-corrected chi connectivity index (χ1v) is 4.01. The summed E-state index contributed by atoms with van der Waals surface area (Å²) in [4.78, 5) is 0. The van der Waals surface area contributed by atoms with Crippen molar-refractivity contribution >= 4 is 0 Å². The van der Waals surface area contributed by atoms with Crippen molar-refractivity contribution < 1.29 is 9.84 Å². The van der Waals surface area contributed by atoms with Gasteiger partial charge in [0.05, 0.1) is 12.7 Å². The Balaban J connectivity index is 2.18. The van der Waals surface area contributed by atoms with Gasteiger partial charge >= 0.3 is 0 Å². The minimum absolute atomic E-state index is 0.215. The zero-order chi connectivity index (χ0) is 7.40. The number of methoxy groups -OCH3 is 1. The lowest BCUT2D eigenvalue weighted by atomic mass is 10.0. The molecule has 1 unspecified atom stereocenters. The third-order valence-corrected chi connectivity index (χ3v) is 2.28. The van der Waals surface area contributed by atoms with E-state index in [9.17, 15) is 5.11 Å². The van der Waals surface area contributed by atoms with Crippen molar-refractivity contribution in [1.29, 1.82) is 0 Å². The molecule has 1 aliphatic rings. The standard InChI is InChI=1S/C8H16O2/c1-10-6-8(9)7-4-2-3-5-7/h7-9H,2-6H2,1H3. The molecule has 0 saturated heterocycles. The van der Waals surface area contributed by atoms with Crippen molar-refractivity contribution in [2.75, 3.05) is 13.7 Å². The lowest BCUT2D eigenvalue weighted by molar-refractivity contribution is 0.0272. The highest BCUT2D eigenvalue weighted by Gasteiger charge is 2.22. The fraction of sp³-hybridized carbons (Fsp3) is 1.00. The molecule has 1 atom stereocenters. The number of ether oxygens (including phenoxy) is 1. The highest BCUT2D eigenvalue weighted by molar-refractivity contribution is 4.73.